The Balaban J connectivity index is 2.20. The number of carboxylic acids is 1. The molecule has 0 aromatic rings. The molecule has 1 unspecified atom stereocenters. The van der Waals surface area contributed by atoms with E-state index in [9.17, 15) is 9.36 Å². The highest BCUT2D eigenvalue weighted by molar-refractivity contribution is 7.17. The minimum absolute atomic E-state index is 0.0441. The summed E-state index contributed by atoms with van der Waals surface area (Å²) in [6, 6.07) is 0.439. The molecule has 2 heterocycles. The fourth-order valence-electron chi connectivity index (χ4n) is 2.93. The average molecular weight is 232 g/mol. The van der Waals surface area contributed by atoms with Gasteiger partial charge in [-0.2, -0.15) is 0 Å². The van der Waals surface area contributed by atoms with Crippen LogP contribution in [0.2, 0.25) is 0 Å². The van der Waals surface area contributed by atoms with Gasteiger partial charge in [-0.15, -0.1) is 4.52 Å². The fourth-order valence-corrected chi connectivity index (χ4v) is 3.29. The third-order valence-electron chi connectivity index (χ3n) is 3.70. The number of piperidine rings is 1. The number of nitrogens with zero attached hydrogens (tertiary/aromatic N) is 1. The Morgan fingerprint density at radius 3 is 2.87 bits per heavy atom. The van der Waals surface area contributed by atoms with Gasteiger partial charge in [-0.1, -0.05) is 0 Å². The maximum atomic E-state index is 11.2. The molecule has 2 rings (SSSR count). The van der Waals surface area contributed by atoms with Gasteiger partial charge in [0.25, 0.3) is 0 Å². The molecule has 5 atom stereocenters. The largest absolute Gasteiger partial charge is 0.494 e. The van der Waals surface area contributed by atoms with E-state index in [-0.39, 0.29) is 12.1 Å². The lowest BCUT2D eigenvalue weighted by atomic mass is 9.88. The molecule has 0 saturated carbocycles. The number of hydrogen-bond acceptors (Lipinski definition) is 4. The smallest absolute Gasteiger partial charge is 0.481 e. The van der Waals surface area contributed by atoms with Crippen LogP contribution in [0.25, 0.3) is 0 Å². The van der Waals surface area contributed by atoms with Crippen LogP contribution in [0, 0.1) is 5.92 Å². The van der Waals surface area contributed by atoms with Crippen LogP contribution in [0.5, 0.6) is 0 Å². The first-order valence-electron chi connectivity index (χ1n) is 5.12. The second kappa shape index (κ2) is 4.16. The minimum Gasteiger partial charge on any atom is -0.481 e. The minimum atomic E-state index is -0.865. The van der Waals surface area contributed by atoms with Crippen molar-refractivity contribution in [3.8, 4) is 0 Å². The summed E-state index contributed by atoms with van der Waals surface area (Å²) in [5.74, 6) is -1.37. The highest BCUT2D eigenvalue weighted by atomic mass is 31.1. The van der Waals surface area contributed by atoms with Crippen LogP contribution >= 0.6 is 8.69 Å². The zero-order valence-electron chi connectivity index (χ0n) is 8.55. The third kappa shape index (κ3) is 1.80. The van der Waals surface area contributed by atoms with Crippen LogP contribution in [-0.2, 0) is 13.9 Å². The van der Waals surface area contributed by atoms with Gasteiger partial charge in [0.15, 0.2) is 0 Å². The predicted molar refractivity (Wildman–Crippen MR) is 54.2 cm³/mol. The van der Waals surface area contributed by atoms with Crippen molar-refractivity contribution in [3.05, 3.63) is 0 Å². The Morgan fingerprint density at radius 2 is 2.27 bits per heavy atom. The van der Waals surface area contributed by atoms with E-state index < -0.39 is 20.6 Å². The van der Waals surface area contributed by atoms with Crippen molar-refractivity contribution >= 4 is 14.7 Å². The lowest BCUT2D eigenvalue weighted by Crippen LogP contribution is -2.52. The highest BCUT2D eigenvalue weighted by Gasteiger charge is 2.50. The molecule has 6 heteroatoms. The molecule has 0 aromatic heterocycles. The van der Waals surface area contributed by atoms with Crippen LogP contribution in [0.3, 0.4) is 0 Å². The molecule has 2 saturated heterocycles. The van der Waals surface area contributed by atoms with Gasteiger partial charge >= 0.3 is 14.7 Å². The molecule has 2 bridgehead atoms. The summed E-state index contributed by atoms with van der Waals surface area (Å²) in [6.45, 7) is 0. The Bertz CT molecular complexity index is 285. The van der Waals surface area contributed by atoms with Gasteiger partial charge in [0.05, 0.1) is 0 Å². The molecule has 0 aliphatic carbocycles. The van der Waals surface area contributed by atoms with Crippen molar-refractivity contribution in [3.63, 3.8) is 0 Å². The first-order chi connectivity index (χ1) is 7.15. The average Bonchev–Trinajstić information content (AvgIpc) is 2.45. The summed E-state index contributed by atoms with van der Waals surface area (Å²) in [5, 5.41) is 9.17. The van der Waals surface area contributed by atoms with Crippen molar-refractivity contribution in [1.82, 2.24) is 4.90 Å². The SMILES string of the molecule is CN1[C@H]2CC[C@@H]1[C@@H](C(=O)O)[C@@H](O[PH+]=O)C2. The van der Waals surface area contributed by atoms with Crippen molar-refractivity contribution < 1.29 is 19.0 Å². The Kier molecular flexibility index (Phi) is 3.05. The van der Waals surface area contributed by atoms with E-state index in [2.05, 4.69) is 4.90 Å². The molecule has 0 spiro atoms. The Morgan fingerprint density at radius 1 is 1.53 bits per heavy atom. The molecule has 2 aliphatic heterocycles. The summed E-state index contributed by atoms with van der Waals surface area (Å²) < 4.78 is 15.5. The van der Waals surface area contributed by atoms with Crippen LogP contribution < -0.4 is 0 Å². The second-order valence-electron chi connectivity index (χ2n) is 4.30. The molecule has 1 N–H and O–H groups in total. The summed E-state index contributed by atoms with van der Waals surface area (Å²) in [7, 11) is 1.10. The van der Waals surface area contributed by atoms with Crippen molar-refractivity contribution in [2.24, 2.45) is 5.92 Å². The third-order valence-corrected chi connectivity index (χ3v) is 4.10. The first kappa shape index (κ1) is 11.0. The van der Waals surface area contributed by atoms with Gasteiger partial charge in [0.1, 0.15) is 12.0 Å². The number of carboxylic acid groups (broad SMARTS) is 1. The quantitative estimate of drug-likeness (QED) is 0.731. The standard InChI is InChI=1S/C9H14NO4P/c1-10-5-2-3-6(10)8(9(11)12)7(4-5)14-15-13/h5-8,15H,2-4H2,1H3/p+1/t5-,6+,7-,8+/m0/s1. The maximum Gasteiger partial charge on any atom is 0.494 e. The van der Waals surface area contributed by atoms with Gasteiger partial charge < -0.3 is 5.11 Å². The van der Waals surface area contributed by atoms with Gasteiger partial charge in [-0.05, 0) is 30.9 Å². The number of carbonyl (C=O) groups is 1. The number of hydrogen-bond donors (Lipinski definition) is 1. The van der Waals surface area contributed by atoms with Gasteiger partial charge in [-0.25, -0.2) is 0 Å². The van der Waals surface area contributed by atoms with E-state index in [4.69, 9.17) is 9.63 Å². The van der Waals surface area contributed by atoms with E-state index in [1.807, 2.05) is 7.05 Å². The maximum absolute atomic E-state index is 11.2. The molecule has 0 amide bonds. The van der Waals surface area contributed by atoms with Gasteiger partial charge in [0, 0.05) is 12.1 Å². The first-order valence-corrected chi connectivity index (χ1v) is 5.94. The Labute approximate surface area is 89.7 Å². The molecule has 2 fully saturated rings. The zero-order chi connectivity index (χ0) is 11.0. The van der Waals surface area contributed by atoms with E-state index in [1.54, 1.807) is 0 Å². The van der Waals surface area contributed by atoms with Crippen molar-refractivity contribution in [1.29, 1.82) is 0 Å². The monoisotopic (exact) mass is 232 g/mol. The topological polar surface area (TPSA) is 66.8 Å². The Hall–Kier alpha value is -0.510. The zero-order valence-corrected chi connectivity index (χ0v) is 9.55. The second-order valence-corrected chi connectivity index (χ2v) is 4.71. The van der Waals surface area contributed by atoms with Gasteiger partial charge in [0.2, 0.25) is 0 Å². The van der Waals surface area contributed by atoms with Crippen LogP contribution in [0.1, 0.15) is 19.3 Å². The molecule has 5 nitrogen and oxygen atoms in total. The van der Waals surface area contributed by atoms with Crippen molar-refractivity contribution in [2.75, 3.05) is 7.05 Å². The molecule has 84 valence electrons. The predicted octanol–water partition coefficient (Wildman–Crippen LogP) is 0.878. The lowest BCUT2D eigenvalue weighted by Gasteiger charge is -2.38. The van der Waals surface area contributed by atoms with E-state index >= 15 is 0 Å². The fraction of sp³-hybridized carbons (Fsp3) is 0.889. The molecule has 0 aromatic carbocycles. The summed E-state index contributed by atoms with van der Waals surface area (Å²) in [4.78, 5) is 13.3. The van der Waals surface area contributed by atoms with Crippen LogP contribution in [-0.4, -0.2) is 41.2 Å². The van der Waals surface area contributed by atoms with E-state index in [0.717, 1.165) is 12.8 Å². The number of rotatable bonds is 3. The molecule has 2 aliphatic rings. The van der Waals surface area contributed by atoms with E-state index in [1.165, 1.54) is 0 Å². The summed E-state index contributed by atoms with van der Waals surface area (Å²) >= 11 is 0. The number of aliphatic carboxylic acids is 1. The lowest BCUT2D eigenvalue weighted by molar-refractivity contribution is -0.150. The molecule has 0 radical (unpaired) electrons. The van der Waals surface area contributed by atoms with E-state index in [0.29, 0.717) is 12.5 Å². The van der Waals surface area contributed by atoms with Gasteiger partial charge in [-0.3, -0.25) is 9.69 Å². The normalized spacial score (nSPS) is 40.9. The molecular formula is C9H15NO4P+. The van der Waals surface area contributed by atoms with Crippen LogP contribution in [0.4, 0.5) is 0 Å². The van der Waals surface area contributed by atoms with Crippen molar-refractivity contribution in [2.45, 2.75) is 37.5 Å². The summed E-state index contributed by atoms with van der Waals surface area (Å²) in [6.07, 6.45) is 2.22. The number of fused-ring (bicyclic) bond motifs is 2. The molecule has 15 heavy (non-hydrogen) atoms. The van der Waals surface area contributed by atoms with Crippen LogP contribution in [0.15, 0.2) is 0 Å². The summed E-state index contributed by atoms with van der Waals surface area (Å²) in [5.41, 5.74) is 0. The molecular weight excluding hydrogens is 217 g/mol. The highest BCUT2D eigenvalue weighted by Crippen LogP contribution is 2.40.